The standard InChI is InChI=1S/C11H13FN4/c12-9-7-8(13)1-2-10(9)14-4-3-11-15-5-6-16-11/h1-2,5-7,14H,3-4,13H2,(H,15,16). The smallest absolute Gasteiger partial charge is 0.148 e. The zero-order valence-corrected chi connectivity index (χ0v) is 8.70. The van der Waals surface area contributed by atoms with Gasteiger partial charge in [-0.3, -0.25) is 0 Å². The number of rotatable bonds is 4. The van der Waals surface area contributed by atoms with Gasteiger partial charge in [-0.2, -0.15) is 0 Å². The van der Waals surface area contributed by atoms with Crippen molar-refractivity contribution in [2.75, 3.05) is 17.6 Å². The molecule has 84 valence electrons. The van der Waals surface area contributed by atoms with Crippen molar-refractivity contribution >= 4 is 11.4 Å². The van der Waals surface area contributed by atoms with Gasteiger partial charge in [-0.05, 0) is 18.2 Å². The van der Waals surface area contributed by atoms with Crippen molar-refractivity contribution in [2.45, 2.75) is 6.42 Å². The quantitative estimate of drug-likeness (QED) is 0.688. The van der Waals surface area contributed by atoms with Gasteiger partial charge in [0.15, 0.2) is 0 Å². The Bertz CT molecular complexity index is 453. The summed E-state index contributed by atoms with van der Waals surface area (Å²) in [4.78, 5) is 7.06. The number of nitrogens with two attached hydrogens (primary N) is 1. The van der Waals surface area contributed by atoms with Crippen LogP contribution in [0.15, 0.2) is 30.6 Å². The molecule has 5 heteroatoms. The summed E-state index contributed by atoms with van der Waals surface area (Å²) in [5.74, 6) is 0.544. The number of benzene rings is 1. The molecule has 1 aromatic heterocycles. The number of H-pyrrole nitrogens is 1. The lowest BCUT2D eigenvalue weighted by Gasteiger charge is -2.06. The molecular formula is C11H13FN4. The van der Waals surface area contributed by atoms with E-state index in [9.17, 15) is 4.39 Å². The summed E-state index contributed by atoms with van der Waals surface area (Å²) in [6, 6.07) is 4.60. The van der Waals surface area contributed by atoms with Gasteiger partial charge in [0.2, 0.25) is 0 Å². The van der Waals surface area contributed by atoms with E-state index >= 15 is 0 Å². The number of halogens is 1. The van der Waals surface area contributed by atoms with E-state index in [0.29, 0.717) is 17.9 Å². The fourth-order valence-corrected chi connectivity index (χ4v) is 1.42. The molecule has 2 aromatic rings. The average molecular weight is 220 g/mol. The molecule has 0 atom stereocenters. The zero-order chi connectivity index (χ0) is 11.4. The highest BCUT2D eigenvalue weighted by Gasteiger charge is 2.01. The van der Waals surface area contributed by atoms with Crippen LogP contribution in [0.2, 0.25) is 0 Å². The predicted molar refractivity (Wildman–Crippen MR) is 61.6 cm³/mol. The third-order valence-corrected chi connectivity index (χ3v) is 2.23. The molecule has 0 radical (unpaired) electrons. The number of hydrogen-bond acceptors (Lipinski definition) is 3. The van der Waals surface area contributed by atoms with E-state index in [4.69, 9.17) is 5.73 Å². The summed E-state index contributed by atoms with van der Waals surface area (Å²) in [5.41, 5.74) is 6.33. The van der Waals surface area contributed by atoms with Gasteiger partial charge in [0, 0.05) is 31.0 Å². The van der Waals surface area contributed by atoms with Crippen LogP contribution in [0.25, 0.3) is 0 Å². The van der Waals surface area contributed by atoms with E-state index in [-0.39, 0.29) is 5.82 Å². The van der Waals surface area contributed by atoms with Gasteiger partial charge in [-0.25, -0.2) is 9.37 Å². The summed E-state index contributed by atoms with van der Waals surface area (Å²) >= 11 is 0. The first-order chi connectivity index (χ1) is 7.75. The van der Waals surface area contributed by atoms with Crippen molar-refractivity contribution in [3.63, 3.8) is 0 Å². The monoisotopic (exact) mass is 220 g/mol. The molecule has 0 unspecified atom stereocenters. The normalized spacial score (nSPS) is 10.3. The third kappa shape index (κ3) is 2.50. The van der Waals surface area contributed by atoms with Crippen LogP contribution in [0.5, 0.6) is 0 Å². The van der Waals surface area contributed by atoms with Gasteiger partial charge in [0.25, 0.3) is 0 Å². The molecule has 4 nitrogen and oxygen atoms in total. The van der Waals surface area contributed by atoms with Gasteiger partial charge in [0.1, 0.15) is 11.6 Å². The molecule has 0 amide bonds. The summed E-state index contributed by atoms with van der Waals surface area (Å²) in [7, 11) is 0. The lowest BCUT2D eigenvalue weighted by atomic mass is 10.2. The Hall–Kier alpha value is -2.04. The van der Waals surface area contributed by atoms with E-state index in [1.807, 2.05) is 0 Å². The minimum atomic E-state index is -0.334. The van der Waals surface area contributed by atoms with Crippen molar-refractivity contribution in [1.29, 1.82) is 0 Å². The number of hydrogen-bond donors (Lipinski definition) is 3. The van der Waals surface area contributed by atoms with Crippen molar-refractivity contribution in [2.24, 2.45) is 0 Å². The second kappa shape index (κ2) is 4.65. The van der Waals surface area contributed by atoms with Crippen LogP contribution >= 0.6 is 0 Å². The lowest BCUT2D eigenvalue weighted by Crippen LogP contribution is -2.07. The molecule has 1 heterocycles. The van der Waals surface area contributed by atoms with Crippen molar-refractivity contribution in [3.8, 4) is 0 Å². The highest BCUT2D eigenvalue weighted by Crippen LogP contribution is 2.16. The molecule has 0 spiro atoms. The second-order valence-corrected chi connectivity index (χ2v) is 3.45. The molecule has 0 aliphatic rings. The summed E-state index contributed by atoms with van der Waals surface area (Å²) in [6.07, 6.45) is 4.18. The zero-order valence-electron chi connectivity index (χ0n) is 8.70. The Kier molecular flexibility index (Phi) is 3.05. The van der Waals surface area contributed by atoms with E-state index in [2.05, 4.69) is 15.3 Å². The number of nitrogens with one attached hydrogen (secondary N) is 2. The van der Waals surface area contributed by atoms with Crippen LogP contribution < -0.4 is 11.1 Å². The first-order valence-electron chi connectivity index (χ1n) is 5.03. The van der Waals surface area contributed by atoms with Gasteiger partial charge < -0.3 is 16.0 Å². The number of nitrogen functional groups attached to an aromatic ring is 1. The number of aromatic amines is 1. The van der Waals surface area contributed by atoms with E-state index in [0.717, 1.165) is 12.2 Å². The largest absolute Gasteiger partial charge is 0.399 e. The fourth-order valence-electron chi connectivity index (χ4n) is 1.42. The van der Waals surface area contributed by atoms with E-state index in [1.54, 1.807) is 24.5 Å². The maximum absolute atomic E-state index is 13.4. The SMILES string of the molecule is Nc1ccc(NCCc2ncc[nH]2)c(F)c1. The first kappa shape index (κ1) is 10.5. The third-order valence-electron chi connectivity index (χ3n) is 2.23. The van der Waals surface area contributed by atoms with Crippen LogP contribution in [-0.4, -0.2) is 16.5 Å². The summed E-state index contributed by atoms with van der Waals surface area (Å²) in [5, 5.41) is 2.99. The molecule has 0 fully saturated rings. The molecule has 4 N–H and O–H groups in total. The number of anilines is 2. The number of aromatic nitrogens is 2. The first-order valence-corrected chi connectivity index (χ1v) is 5.03. The van der Waals surface area contributed by atoms with Gasteiger partial charge in [-0.15, -0.1) is 0 Å². The van der Waals surface area contributed by atoms with E-state index < -0.39 is 0 Å². The molecule has 16 heavy (non-hydrogen) atoms. The molecule has 2 rings (SSSR count). The highest BCUT2D eigenvalue weighted by atomic mass is 19.1. The average Bonchev–Trinajstić information content (AvgIpc) is 2.74. The fraction of sp³-hybridized carbons (Fsp3) is 0.182. The minimum Gasteiger partial charge on any atom is -0.399 e. The maximum Gasteiger partial charge on any atom is 0.148 e. The van der Waals surface area contributed by atoms with Gasteiger partial charge >= 0.3 is 0 Å². The van der Waals surface area contributed by atoms with Crippen LogP contribution in [0.3, 0.4) is 0 Å². The number of nitrogens with zero attached hydrogens (tertiary/aromatic N) is 1. The van der Waals surface area contributed by atoms with Gasteiger partial charge in [0.05, 0.1) is 5.69 Å². The Balaban J connectivity index is 1.90. The van der Waals surface area contributed by atoms with Crippen LogP contribution in [0, 0.1) is 5.82 Å². The molecule has 0 bridgehead atoms. The Morgan fingerprint density at radius 1 is 1.44 bits per heavy atom. The maximum atomic E-state index is 13.4. The molecular weight excluding hydrogens is 207 g/mol. The highest BCUT2D eigenvalue weighted by molar-refractivity contribution is 5.52. The predicted octanol–water partition coefficient (Wildman–Crippen LogP) is 1.79. The van der Waals surface area contributed by atoms with Crippen molar-refractivity contribution in [1.82, 2.24) is 9.97 Å². The Morgan fingerprint density at radius 3 is 3.00 bits per heavy atom. The molecule has 1 aromatic carbocycles. The van der Waals surface area contributed by atoms with Gasteiger partial charge in [-0.1, -0.05) is 0 Å². The Morgan fingerprint density at radius 2 is 2.31 bits per heavy atom. The molecule has 0 aliphatic carbocycles. The second-order valence-electron chi connectivity index (χ2n) is 3.45. The van der Waals surface area contributed by atoms with E-state index in [1.165, 1.54) is 6.07 Å². The summed E-state index contributed by atoms with van der Waals surface area (Å²) < 4.78 is 13.4. The lowest BCUT2D eigenvalue weighted by molar-refractivity contribution is 0.630. The van der Waals surface area contributed by atoms with Crippen LogP contribution in [0.4, 0.5) is 15.8 Å². The minimum absolute atomic E-state index is 0.334. The van der Waals surface area contributed by atoms with Crippen molar-refractivity contribution in [3.05, 3.63) is 42.2 Å². The molecule has 0 saturated heterocycles. The Labute approximate surface area is 92.7 Å². The molecule has 0 saturated carbocycles. The van der Waals surface area contributed by atoms with Crippen LogP contribution in [-0.2, 0) is 6.42 Å². The topological polar surface area (TPSA) is 66.7 Å². The summed E-state index contributed by atoms with van der Waals surface area (Å²) in [6.45, 7) is 0.619. The van der Waals surface area contributed by atoms with Crippen LogP contribution in [0.1, 0.15) is 5.82 Å². The number of imidazole rings is 1. The molecule has 0 aliphatic heterocycles. The van der Waals surface area contributed by atoms with Crippen molar-refractivity contribution < 1.29 is 4.39 Å².